The van der Waals surface area contributed by atoms with Crippen LogP contribution in [-0.2, 0) is 22.5 Å². The van der Waals surface area contributed by atoms with Gasteiger partial charge in [-0.15, -0.1) is 0 Å². The van der Waals surface area contributed by atoms with Crippen LogP contribution in [0.25, 0.3) is 10.9 Å². The molecule has 2 unspecified atom stereocenters. The molecule has 2 heterocycles. The van der Waals surface area contributed by atoms with Crippen molar-refractivity contribution in [3.63, 3.8) is 0 Å². The van der Waals surface area contributed by atoms with Gasteiger partial charge in [0, 0.05) is 23.7 Å². The normalized spacial score (nSPS) is 19.7. The molecular formula is C18H24N2O2. The second-order valence-electron chi connectivity index (χ2n) is 7.03. The number of ether oxygens (including phenoxy) is 1. The van der Waals surface area contributed by atoms with E-state index in [0.717, 1.165) is 25.8 Å². The molecule has 1 aliphatic heterocycles. The molecule has 0 radical (unpaired) electrons. The number of carbonyl (C=O) groups excluding carboxylic acids is 1. The molecule has 118 valence electrons. The van der Waals surface area contributed by atoms with E-state index in [9.17, 15) is 4.79 Å². The van der Waals surface area contributed by atoms with Gasteiger partial charge in [-0.1, -0.05) is 18.2 Å². The van der Waals surface area contributed by atoms with Crippen molar-refractivity contribution in [2.24, 2.45) is 5.92 Å². The number of nitrogens with zero attached hydrogens (tertiary/aromatic N) is 1. The Bertz CT molecular complexity index is 669. The number of hydrogen-bond donors (Lipinski definition) is 1. The van der Waals surface area contributed by atoms with Crippen LogP contribution in [0.2, 0.25) is 0 Å². The predicted octanol–water partition coefficient (Wildman–Crippen LogP) is 3.09. The minimum Gasteiger partial charge on any atom is -0.353 e. The van der Waals surface area contributed by atoms with Gasteiger partial charge in [0.1, 0.15) is 6.23 Å². The van der Waals surface area contributed by atoms with Gasteiger partial charge in [-0.3, -0.25) is 4.79 Å². The molecule has 22 heavy (non-hydrogen) atoms. The van der Waals surface area contributed by atoms with E-state index in [-0.39, 0.29) is 11.8 Å². The maximum atomic E-state index is 10.9. The summed E-state index contributed by atoms with van der Waals surface area (Å²) in [6.45, 7) is 7.03. The molecule has 1 aromatic carbocycles. The maximum absolute atomic E-state index is 10.9. The van der Waals surface area contributed by atoms with Gasteiger partial charge >= 0.3 is 0 Å². The van der Waals surface area contributed by atoms with Gasteiger partial charge in [-0.25, -0.2) is 0 Å². The highest BCUT2D eigenvalue weighted by atomic mass is 16.5. The Kier molecular flexibility index (Phi) is 3.96. The Morgan fingerprint density at radius 3 is 2.86 bits per heavy atom. The summed E-state index contributed by atoms with van der Waals surface area (Å²) in [7, 11) is 0. The number of benzene rings is 1. The second-order valence-corrected chi connectivity index (χ2v) is 7.03. The topological polar surface area (TPSA) is 43.3 Å². The third-order valence-electron chi connectivity index (χ3n) is 4.23. The molecule has 0 fully saturated rings. The van der Waals surface area contributed by atoms with Crippen LogP contribution in [0.1, 0.15) is 32.9 Å². The number of nitrogens with one attached hydrogen (secondary N) is 1. The third kappa shape index (κ3) is 3.02. The van der Waals surface area contributed by atoms with Crippen LogP contribution in [0.15, 0.2) is 30.3 Å². The molecule has 0 bridgehead atoms. The molecular weight excluding hydrogens is 276 g/mol. The van der Waals surface area contributed by atoms with Gasteiger partial charge < -0.3 is 14.6 Å². The Hall–Kier alpha value is -1.81. The van der Waals surface area contributed by atoms with E-state index in [1.54, 1.807) is 0 Å². The highest BCUT2D eigenvalue weighted by Crippen LogP contribution is 2.30. The monoisotopic (exact) mass is 300 g/mol. The van der Waals surface area contributed by atoms with E-state index in [2.05, 4.69) is 40.2 Å². The van der Waals surface area contributed by atoms with Crippen molar-refractivity contribution in [1.29, 1.82) is 0 Å². The van der Waals surface area contributed by atoms with Crippen molar-refractivity contribution in [1.82, 2.24) is 9.88 Å². The van der Waals surface area contributed by atoms with E-state index in [0.29, 0.717) is 5.92 Å². The Morgan fingerprint density at radius 1 is 1.36 bits per heavy atom. The van der Waals surface area contributed by atoms with Gasteiger partial charge in [-0.2, -0.15) is 0 Å². The first-order valence-corrected chi connectivity index (χ1v) is 7.92. The first-order chi connectivity index (χ1) is 10.5. The first kappa shape index (κ1) is 15.1. The second kappa shape index (κ2) is 5.76. The van der Waals surface area contributed by atoms with Crippen LogP contribution in [-0.4, -0.2) is 22.8 Å². The fraction of sp³-hybridized carbons (Fsp3) is 0.500. The summed E-state index contributed by atoms with van der Waals surface area (Å²) in [6, 6.07) is 10.7. The number of rotatable bonds is 4. The van der Waals surface area contributed by atoms with Crippen molar-refractivity contribution >= 4 is 17.3 Å². The SMILES string of the molecule is CC(C)(C)OC(NC=O)C1CCn2c(cc3ccccc32)C1. The lowest BCUT2D eigenvalue weighted by Gasteiger charge is -2.35. The number of amides is 1. The van der Waals surface area contributed by atoms with Crippen LogP contribution >= 0.6 is 0 Å². The van der Waals surface area contributed by atoms with Gasteiger partial charge in [-0.05, 0) is 51.1 Å². The third-order valence-corrected chi connectivity index (χ3v) is 4.23. The summed E-state index contributed by atoms with van der Waals surface area (Å²) < 4.78 is 8.44. The molecule has 2 atom stereocenters. The number of aryl methyl sites for hydroxylation is 1. The molecule has 2 aromatic rings. The van der Waals surface area contributed by atoms with Crippen LogP contribution < -0.4 is 5.32 Å². The highest BCUT2D eigenvalue weighted by Gasteiger charge is 2.30. The van der Waals surface area contributed by atoms with Gasteiger partial charge in [0.15, 0.2) is 0 Å². The van der Waals surface area contributed by atoms with Gasteiger partial charge in [0.25, 0.3) is 0 Å². The smallest absolute Gasteiger partial charge is 0.209 e. The Balaban J connectivity index is 1.84. The van der Waals surface area contributed by atoms with Crippen molar-refractivity contribution < 1.29 is 9.53 Å². The summed E-state index contributed by atoms with van der Waals surface area (Å²) in [4.78, 5) is 10.9. The van der Waals surface area contributed by atoms with Crippen LogP contribution in [0.3, 0.4) is 0 Å². The predicted molar refractivity (Wildman–Crippen MR) is 87.6 cm³/mol. The minimum absolute atomic E-state index is 0.232. The van der Waals surface area contributed by atoms with E-state index in [1.165, 1.54) is 16.6 Å². The molecule has 0 saturated carbocycles. The molecule has 0 aliphatic carbocycles. The summed E-state index contributed by atoms with van der Waals surface area (Å²) in [5.41, 5.74) is 2.35. The standard InChI is InChI=1S/C18H24N2O2/c1-18(2,3)22-17(19-12-21)14-8-9-20-15(11-14)10-13-6-4-5-7-16(13)20/h4-7,10,12,14,17H,8-9,11H2,1-3H3,(H,19,21). The average Bonchev–Trinajstić information content (AvgIpc) is 2.83. The number of aromatic nitrogens is 1. The number of hydrogen-bond acceptors (Lipinski definition) is 2. The number of fused-ring (bicyclic) bond motifs is 3. The van der Waals surface area contributed by atoms with Crippen molar-refractivity contribution in [3.05, 3.63) is 36.0 Å². The largest absolute Gasteiger partial charge is 0.353 e. The van der Waals surface area contributed by atoms with Crippen molar-refractivity contribution in [3.8, 4) is 0 Å². The maximum Gasteiger partial charge on any atom is 0.209 e. The molecule has 4 nitrogen and oxygen atoms in total. The Labute approximate surface area is 131 Å². The lowest BCUT2D eigenvalue weighted by molar-refractivity contribution is -0.127. The lowest BCUT2D eigenvalue weighted by atomic mass is 9.93. The zero-order valence-corrected chi connectivity index (χ0v) is 13.5. The first-order valence-electron chi connectivity index (χ1n) is 7.92. The zero-order chi connectivity index (χ0) is 15.7. The summed E-state index contributed by atoms with van der Waals surface area (Å²) in [6.07, 6.45) is 2.45. The minimum atomic E-state index is -0.273. The van der Waals surface area contributed by atoms with E-state index in [4.69, 9.17) is 4.74 Å². The van der Waals surface area contributed by atoms with Gasteiger partial charge in [0.05, 0.1) is 5.60 Å². The summed E-state index contributed by atoms with van der Waals surface area (Å²) in [5, 5.41) is 4.15. The van der Waals surface area contributed by atoms with Crippen LogP contribution in [0, 0.1) is 5.92 Å². The van der Waals surface area contributed by atoms with Crippen LogP contribution in [0.5, 0.6) is 0 Å². The summed E-state index contributed by atoms with van der Waals surface area (Å²) in [5.74, 6) is 0.307. The van der Waals surface area contributed by atoms with Crippen molar-refractivity contribution in [2.75, 3.05) is 0 Å². The van der Waals surface area contributed by atoms with E-state index >= 15 is 0 Å². The van der Waals surface area contributed by atoms with E-state index < -0.39 is 0 Å². The number of carbonyl (C=O) groups is 1. The zero-order valence-electron chi connectivity index (χ0n) is 13.5. The lowest BCUT2D eigenvalue weighted by Crippen LogP contribution is -2.45. The molecule has 0 spiro atoms. The molecule has 1 aliphatic rings. The molecule has 1 aromatic heterocycles. The fourth-order valence-corrected chi connectivity index (χ4v) is 3.34. The van der Waals surface area contributed by atoms with E-state index in [1.807, 2.05) is 20.8 Å². The van der Waals surface area contributed by atoms with Gasteiger partial charge in [0.2, 0.25) is 6.41 Å². The fourth-order valence-electron chi connectivity index (χ4n) is 3.34. The van der Waals surface area contributed by atoms with Crippen LogP contribution in [0.4, 0.5) is 0 Å². The average molecular weight is 300 g/mol. The molecule has 1 N–H and O–H groups in total. The highest BCUT2D eigenvalue weighted by molar-refractivity contribution is 5.81. The van der Waals surface area contributed by atoms with Crippen molar-refractivity contribution in [2.45, 2.75) is 52.0 Å². The molecule has 0 saturated heterocycles. The Morgan fingerprint density at radius 2 is 2.14 bits per heavy atom. The molecule has 1 amide bonds. The quantitative estimate of drug-likeness (QED) is 0.696. The molecule has 4 heteroatoms. The number of para-hydroxylation sites is 1. The summed E-state index contributed by atoms with van der Waals surface area (Å²) >= 11 is 0. The molecule has 3 rings (SSSR count).